The van der Waals surface area contributed by atoms with Gasteiger partial charge in [0, 0.05) is 44.6 Å². The van der Waals surface area contributed by atoms with Crippen molar-refractivity contribution in [2.24, 2.45) is 0 Å². The van der Waals surface area contributed by atoms with Crippen LogP contribution in [0.25, 0.3) is 10.6 Å². The summed E-state index contributed by atoms with van der Waals surface area (Å²) < 4.78 is 5.40. The van der Waals surface area contributed by atoms with Crippen molar-refractivity contribution in [3.63, 3.8) is 0 Å². The fourth-order valence-corrected chi connectivity index (χ4v) is 4.26. The van der Waals surface area contributed by atoms with Gasteiger partial charge in [-0.1, -0.05) is 11.3 Å². The molecule has 2 aromatic rings. The van der Waals surface area contributed by atoms with Crippen LogP contribution in [0.5, 0.6) is 5.75 Å². The first-order chi connectivity index (χ1) is 10.8. The van der Waals surface area contributed by atoms with Crippen molar-refractivity contribution in [2.75, 3.05) is 38.2 Å². The summed E-state index contributed by atoms with van der Waals surface area (Å²) in [6.07, 6.45) is 5.98. The molecular weight excluding hydrogens is 298 g/mol. The fraction of sp³-hybridized carbons (Fsp3) is 0.533. The van der Waals surface area contributed by atoms with Gasteiger partial charge in [0.25, 0.3) is 0 Å². The van der Waals surface area contributed by atoms with E-state index in [9.17, 15) is 0 Å². The molecule has 3 aliphatic heterocycles. The smallest absolute Gasteiger partial charge is 0.208 e. The van der Waals surface area contributed by atoms with Gasteiger partial charge in [0.2, 0.25) is 5.13 Å². The van der Waals surface area contributed by atoms with Crippen molar-refractivity contribution < 1.29 is 4.74 Å². The molecular formula is C15H19N5OS. The molecule has 6 nitrogen and oxygen atoms in total. The van der Waals surface area contributed by atoms with Crippen LogP contribution in [0.3, 0.4) is 0 Å². The molecule has 3 aliphatic rings. The van der Waals surface area contributed by atoms with Gasteiger partial charge >= 0.3 is 0 Å². The van der Waals surface area contributed by atoms with Crippen LogP contribution in [0.15, 0.2) is 18.5 Å². The first-order valence-electron chi connectivity index (χ1n) is 7.66. The summed E-state index contributed by atoms with van der Waals surface area (Å²) >= 11 is 1.63. The predicted octanol–water partition coefficient (Wildman–Crippen LogP) is 1.89. The third-order valence-electron chi connectivity index (χ3n) is 4.55. The number of rotatable bonds is 3. The Morgan fingerprint density at radius 2 is 2.05 bits per heavy atom. The lowest BCUT2D eigenvalue weighted by molar-refractivity contribution is 0.250. The summed E-state index contributed by atoms with van der Waals surface area (Å²) in [6.45, 7) is 4.59. The number of anilines is 1. The Morgan fingerprint density at radius 3 is 2.86 bits per heavy atom. The molecule has 2 aromatic heterocycles. The lowest BCUT2D eigenvalue weighted by Crippen LogP contribution is -2.37. The molecule has 0 aromatic carbocycles. The van der Waals surface area contributed by atoms with Gasteiger partial charge in [-0.3, -0.25) is 4.98 Å². The zero-order valence-corrected chi connectivity index (χ0v) is 13.4. The zero-order valence-electron chi connectivity index (χ0n) is 12.6. The molecule has 0 spiro atoms. The Balaban J connectivity index is 1.64. The highest BCUT2D eigenvalue weighted by atomic mass is 32.1. The Hall–Kier alpha value is -1.73. The molecule has 0 N–H and O–H groups in total. The average molecular weight is 317 g/mol. The second-order valence-electron chi connectivity index (χ2n) is 5.73. The fourth-order valence-electron chi connectivity index (χ4n) is 3.30. The van der Waals surface area contributed by atoms with E-state index in [1.165, 1.54) is 25.9 Å². The largest absolute Gasteiger partial charge is 0.496 e. The maximum atomic E-state index is 5.40. The maximum absolute atomic E-state index is 5.40. The highest BCUT2D eigenvalue weighted by Crippen LogP contribution is 2.36. The van der Waals surface area contributed by atoms with Crippen molar-refractivity contribution in [3.8, 4) is 16.3 Å². The molecule has 0 aliphatic carbocycles. The minimum Gasteiger partial charge on any atom is -0.496 e. The summed E-state index contributed by atoms with van der Waals surface area (Å²) in [7, 11) is 1.67. The van der Waals surface area contributed by atoms with Crippen molar-refractivity contribution in [1.82, 2.24) is 20.1 Å². The monoisotopic (exact) mass is 317 g/mol. The van der Waals surface area contributed by atoms with Gasteiger partial charge in [-0.15, -0.1) is 10.2 Å². The highest BCUT2D eigenvalue weighted by Gasteiger charge is 2.31. The van der Waals surface area contributed by atoms with Gasteiger partial charge in [-0.2, -0.15) is 0 Å². The number of aromatic nitrogens is 3. The van der Waals surface area contributed by atoms with E-state index in [0.29, 0.717) is 6.04 Å². The minimum absolute atomic E-state index is 0.607. The summed E-state index contributed by atoms with van der Waals surface area (Å²) in [4.78, 5) is 9.17. The van der Waals surface area contributed by atoms with Gasteiger partial charge in [-0.05, 0) is 18.9 Å². The molecule has 0 atom stereocenters. The third-order valence-corrected chi connectivity index (χ3v) is 5.54. The van der Waals surface area contributed by atoms with Crippen LogP contribution >= 0.6 is 11.3 Å². The van der Waals surface area contributed by atoms with Crippen LogP contribution in [0.2, 0.25) is 0 Å². The van der Waals surface area contributed by atoms with Gasteiger partial charge in [-0.25, -0.2) is 0 Å². The van der Waals surface area contributed by atoms with Crippen molar-refractivity contribution in [1.29, 1.82) is 0 Å². The minimum atomic E-state index is 0.607. The number of pyridine rings is 1. The molecule has 2 bridgehead atoms. The number of hydrogen-bond donors (Lipinski definition) is 0. The molecule has 0 unspecified atom stereocenters. The molecule has 22 heavy (non-hydrogen) atoms. The molecule has 5 heterocycles. The van der Waals surface area contributed by atoms with Crippen LogP contribution in [-0.4, -0.2) is 59.4 Å². The Morgan fingerprint density at radius 1 is 1.18 bits per heavy atom. The number of hydrogen-bond acceptors (Lipinski definition) is 7. The lowest BCUT2D eigenvalue weighted by atomic mass is 10.1. The Kier molecular flexibility index (Phi) is 3.67. The Bertz CT molecular complexity index is 653. The van der Waals surface area contributed by atoms with E-state index < -0.39 is 0 Å². The van der Waals surface area contributed by atoms with Crippen LogP contribution in [0, 0.1) is 0 Å². The number of ether oxygens (including phenoxy) is 1. The van der Waals surface area contributed by atoms with Gasteiger partial charge in [0.1, 0.15) is 5.75 Å². The molecule has 5 rings (SSSR count). The first kappa shape index (κ1) is 13.9. The molecule has 0 amide bonds. The van der Waals surface area contributed by atoms with Gasteiger partial charge < -0.3 is 14.5 Å². The van der Waals surface area contributed by atoms with Crippen LogP contribution in [0.4, 0.5) is 5.13 Å². The predicted molar refractivity (Wildman–Crippen MR) is 86.5 cm³/mol. The van der Waals surface area contributed by atoms with E-state index in [-0.39, 0.29) is 0 Å². The quantitative estimate of drug-likeness (QED) is 0.862. The summed E-state index contributed by atoms with van der Waals surface area (Å²) in [5, 5.41) is 10.7. The molecule has 0 saturated carbocycles. The SMILES string of the molecule is COc1ccncc1-c1nnc(N2CCN3CCC2CC3)s1. The molecule has 116 valence electrons. The number of methoxy groups -OCH3 is 1. The average Bonchev–Trinajstić information content (AvgIpc) is 2.87. The lowest BCUT2D eigenvalue weighted by Gasteiger charge is -2.30. The van der Waals surface area contributed by atoms with E-state index in [0.717, 1.165) is 34.5 Å². The second kappa shape index (κ2) is 5.81. The van der Waals surface area contributed by atoms with E-state index in [2.05, 4.69) is 25.0 Å². The normalized spacial score (nSPS) is 24.3. The zero-order chi connectivity index (χ0) is 14.9. The molecule has 7 heteroatoms. The van der Waals surface area contributed by atoms with Crippen molar-refractivity contribution >= 4 is 16.5 Å². The second-order valence-corrected chi connectivity index (χ2v) is 6.69. The standard InChI is InChI=1S/C15H19N5OS/c1-21-13-2-5-16-10-12(13)14-17-18-15(22-14)20-9-8-19-6-3-11(20)4-7-19/h2,5,10-11H,3-4,6-9H2,1H3. The summed E-state index contributed by atoms with van der Waals surface area (Å²) in [6, 6.07) is 2.47. The van der Waals surface area contributed by atoms with Crippen LogP contribution < -0.4 is 9.64 Å². The Labute approximate surface area is 133 Å². The molecule has 0 radical (unpaired) electrons. The van der Waals surface area contributed by atoms with E-state index in [4.69, 9.17) is 4.74 Å². The first-order valence-corrected chi connectivity index (χ1v) is 8.47. The van der Waals surface area contributed by atoms with Crippen LogP contribution in [0.1, 0.15) is 12.8 Å². The summed E-state index contributed by atoms with van der Waals surface area (Å²) in [5.41, 5.74) is 0.914. The van der Waals surface area contributed by atoms with E-state index in [1.807, 2.05) is 6.07 Å². The topological polar surface area (TPSA) is 54.4 Å². The summed E-state index contributed by atoms with van der Waals surface area (Å²) in [5.74, 6) is 0.792. The van der Waals surface area contributed by atoms with Crippen molar-refractivity contribution in [2.45, 2.75) is 18.9 Å². The van der Waals surface area contributed by atoms with Gasteiger partial charge in [0.15, 0.2) is 5.01 Å². The molecule has 3 saturated heterocycles. The number of piperidine rings is 1. The molecule has 3 fully saturated rings. The third kappa shape index (κ3) is 2.44. The van der Waals surface area contributed by atoms with E-state index in [1.54, 1.807) is 30.8 Å². The van der Waals surface area contributed by atoms with Gasteiger partial charge in [0.05, 0.1) is 12.7 Å². The highest BCUT2D eigenvalue weighted by molar-refractivity contribution is 7.18. The maximum Gasteiger partial charge on any atom is 0.208 e. The van der Waals surface area contributed by atoms with Crippen molar-refractivity contribution in [3.05, 3.63) is 18.5 Å². The van der Waals surface area contributed by atoms with E-state index >= 15 is 0 Å². The number of fused-ring (bicyclic) bond motifs is 4. The number of nitrogens with zero attached hydrogens (tertiary/aromatic N) is 5. The van der Waals surface area contributed by atoms with Crippen LogP contribution in [-0.2, 0) is 0 Å².